The van der Waals surface area contributed by atoms with E-state index < -0.39 is 0 Å². The summed E-state index contributed by atoms with van der Waals surface area (Å²) in [7, 11) is 3.31. The quantitative estimate of drug-likeness (QED) is 0.326. The summed E-state index contributed by atoms with van der Waals surface area (Å²) in [6, 6.07) is 5.20. The third-order valence-corrected chi connectivity index (χ3v) is 4.56. The molecule has 1 fully saturated rings. The number of carbonyl (C=O) groups excluding carboxylic acids is 1. The highest BCUT2D eigenvalue weighted by Gasteiger charge is 2.21. The van der Waals surface area contributed by atoms with Gasteiger partial charge in [-0.15, -0.1) is 24.0 Å². The van der Waals surface area contributed by atoms with Crippen molar-refractivity contribution in [1.29, 1.82) is 0 Å². The molecule has 2 N–H and O–H groups in total. The van der Waals surface area contributed by atoms with Gasteiger partial charge in [-0.25, -0.2) is 4.39 Å². The predicted octanol–water partition coefficient (Wildman–Crippen LogP) is 1.81. The number of hydrogen-bond donors (Lipinski definition) is 2. The van der Waals surface area contributed by atoms with Crippen LogP contribution in [0.25, 0.3) is 0 Å². The van der Waals surface area contributed by atoms with E-state index >= 15 is 0 Å². The second kappa shape index (κ2) is 13.0. The van der Waals surface area contributed by atoms with Gasteiger partial charge in [0.2, 0.25) is 5.91 Å². The molecular formula is C20H33FIN5O2. The Balaban J connectivity index is 0.00000420. The van der Waals surface area contributed by atoms with Gasteiger partial charge in [0.1, 0.15) is 5.82 Å². The summed E-state index contributed by atoms with van der Waals surface area (Å²) < 4.78 is 18.8. The van der Waals surface area contributed by atoms with Gasteiger partial charge in [-0.2, -0.15) is 0 Å². The number of guanidine groups is 1. The maximum Gasteiger partial charge on any atom is 0.234 e. The number of amides is 1. The number of methoxy groups -OCH3 is 1. The molecule has 1 amide bonds. The maximum atomic E-state index is 13.7. The first-order valence-corrected chi connectivity index (χ1v) is 9.66. The van der Waals surface area contributed by atoms with Crippen LogP contribution in [0, 0.1) is 5.82 Å². The fourth-order valence-corrected chi connectivity index (χ4v) is 3.21. The van der Waals surface area contributed by atoms with Crippen molar-refractivity contribution in [3.8, 4) is 0 Å². The smallest absolute Gasteiger partial charge is 0.234 e. The van der Waals surface area contributed by atoms with E-state index in [-0.39, 0.29) is 48.3 Å². The van der Waals surface area contributed by atoms with E-state index in [9.17, 15) is 9.18 Å². The normalized spacial score (nSPS) is 15.2. The van der Waals surface area contributed by atoms with Gasteiger partial charge >= 0.3 is 0 Å². The van der Waals surface area contributed by atoms with Crippen molar-refractivity contribution in [3.63, 3.8) is 0 Å². The van der Waals surface area contributed by atoms with E-state index in [4.69, 9.17) is 4.74 Å². The van der Waals surface area contributed by atoms with E-state index in [0.717, 1.165) is 37.7 Å². The summed E-state index contributed by atoms with van der Waals surface area (Å²) in [5, 5.41) is 6.27. The Morgan fingerprint density at radius 1 is 1.28 bits per heavy atom. The fourth-order valence-electron chi connectivity index (χ4n) is 3.21. The maximum absolute atomic E-state index is 13.7. The standard InChI is InChI=1S/C20H32FN5O2.HI/c1-15(2)24-19(27)13-25-7-9-26(10-8-25)20(22-3)23-12-16-5-6-18(21)17(11-16)14-28-4;/h5-6,11,15H,7-10,12-14H2,1-4H3,(H,22,23)(H,24,27);1H. The molecule has 164 valence electrons. The third kappa shape index (κ3) is 8.43. The molecule has 0 bridgehead atoms. The first-order chi connectivity index (χ1) is 13.4. The van der Waals surface area contributed by atoms with Crippen LogP contribution in [-0.4, -0.2) is 74.6 Å². The number of nitrogens with zero attached hydrogens (tertiary/aromatic N) is 3. The molecule has 1 heterocycles. The first kappa shape index (κ1) is 25.6. The first-order valence-electron chi connectivity index (χ1n) is 9.66. The minimum atomic E-state index is -0.257. The molecule has 9 heteroatoms. The lowest BCUT2D eigenvalue weighted by Crippen LogP contribution is -2.54. The van der Waals surface area contributed by atoms with Crippen LogP contribution >= 0.6 is 24.0 Å². The number of piperazine rings is 1. The number of halogens is 2. The van der Waals surface area contributed by atoms with Crippen molar-refractivity contribution in [3.05, 3.63) is 35.1 Å². The zero-order valence-electron chi connectivity index (χ0n) is 17.7. The molecule has 1 saturated heterocycles. The molecular weight excluding hydrogens is 488 g/mol. The molecule has 0 saturated carbocycles. The van der Waals surface area contributed by atoms with Gasteiger partial charge in [-0.1, -0.05) is 6.07 Å². The number of ether oxygens (including phenoxy) is 1. The lowest BCUT2D eigenvalue weighted by molar-refractivity contribution is -0.123. The third-order valence-electron chi connectivity index (χ3n) is 4.56. The molecule has 0 spiro atoms. The summed E-state index contributed by atoms with van der Waals surface area (Å²) in [6.45, 7) is 8.37. The van der Waals surface area contributed by atoms with E-state index in [0.29, 0.717) is 18.7 Å². The van der Waals surface area contributed by atoms with Crippen LogP contribution in [0.2, 0.25) is 0 Å². The number of aliphatic imine (C=N–C) groups is 1. The van der Waals surface area contributed by atoms with Crippen molar-refractivity contribution in [2.24, 2.45) is 4.99 Å². The van der Waals surface area contributed by atoms with Crippen molar-refractivity contribution >= 4 is 35.8 Å². The Morgan fingerprint density at radius 3 is 2.55 bits per heavy atom. The summed E-state index contributed by atoms with van der Waals surface area (Å²) in [5.74, 6) is 0.616. The average Bonchev–Trinajstić information content (AvgIpc) is 2.65. The van der Waals surface area contributed by atoms with Gasteiger partial charge in [0.15, 0.2) is 5.96 Å². The Morgan fingerprint density at radius 2 is 1.97 bits per heavy atom. The Kier molecular flexibility index (Phi) is 11.4. The number of rotatable bonds is 7. The largest absolute Gasteiger partial charge is 0.380 e. The zero-order valence-corrected chi connectivity index (χ0v) is 20.0. The summed E-state index contributed by atoms with van der Waals surface area (Å²) >= 11 is 0. The lowest BCUT2D eigenvalue weighted by atomic mass is 10.1. The van der Waals surface area contributed by atoms with Gasteiger partial charge < -0.3 is 20.3 Å². The van der Waals surface area contributed by atoms with Crippen LogP contribution in [0.3, 0.4) is 0 Å². The molecule has 0 radical (unpaired) electrons. The Hall–Kier alpha value is -1.46. The highest BCUT2D eigenvalue weighted by molar-refractivity contribution is 14.0. The number of carbonyl (C=O) groups is 1. The van der Waals surface area contributed by atoms with Gasteiger partial charge in [0.05, 0.1) is 13.2 Å². The Bertz CT molecular complexity index is 679. The minimum absolute atomic E-state index is 0. The van der Waals surface area contributed by atoms with Crippen molar-refractivity contribution in [1.82, 2.24) is 20.4 Å². The molecule has 0 atom stereocenters. The molecule has 29 heavy (non-hydrogen) atoms. The SMILES string of the molecule is CN=C(NCc1ccc(F)c(COC)c1)N1CCN(CC(=O)NC(C)C)CC1.I. The molecule has 0 aliphatic carbocycles. The van der Waals surface area contributed by atoms with E-state index in [1.165, 1.54) is 6.07 Å². The monoisotopic (exact) mass is 521 g/mol. The molecule has 0 aromatic heterocycles. The molecule has 1 aliphatic heterocycles. The van der Waals surface area contributed by atoms with Crippen LogP contribution < -0.4 is 10.6 Å². The summed E-state index contributed by atoms with van der Waals surface area (Å²) in [5.41, 5.74) is 1.52. The van der Waals surface area contributed by atoms with Crippen LogP contribution in [0.4, 0.5) is 4.39 Å². The minimum Gasteiger partial charge on any atom is -0.380 e. The molecule has 0 unspecified atom stereocenters. The Labute approximate surface area is 190 Å². The second-order valence-corrected chi connectivity index (χ2v) is 7.24. The molecule has 1 aliphatic rings. The van der Waals surface area contributed by atoms with Crippen LogP contribution in [0.15, 0.2) is 23.2 Å². The molecule has 7 nitrogen and oxygen atoms in total. The highest BCUT2D eigenvalue weighted by atomic mass is 127. The van der Waals surface area contributed by atoms with E-state index in [1.54, 1.807) is 20.2 Å². The van der Waals surface area contributed by atoms with Crippen molar-refractivity contribution < 1.29 is 13.9 Å². The molecule has 2 rings (SSSR count). The molecule has 1 aromatic rings. The van der Waals surface area contributed by atoms with Crippen LogP contribution in [0.5, 0.6) is 0 Å². The fraction of sp³-hybridized carbons (Fsp3) is 0.600. The number of benzene rings is 1. The van der Waals surface area contributed by atoms with Crippen molar-refractivity contribution in [2.45, 2.75) is 33.0 Å². The predicted molar refractivity (Wildman–Crippen MR) is 124 cm³/mol. The molecule has 1 aromatic carbocycles. The number of nitrogens with one attached hydrogen (secondary N) is 2. The van der Waals surface area contributed by atoms with Gasteiger partial charge in [0.25, 0.3) is 0 Å². The van der Waals surface area contributed by atoms with Crippen molar-refractivity contribution in [2.75, 3.05) is 46.9 Å². The zero-order chi connectivity index (χ0) is 20.5. The van der Waals surface area contributed by atoms with Crippen LogP contribution in [0.1, 0.15) is 25.0 Å². The van der Waals surface area contributed by atoms with Gasteiger partial charge in [0, 0.05) is 58.5 Å². The topological polar surface area (TPSA) is 69.2 Å². The lowest BCUT2D eigenvalue weighted by Gasteiger charge is -2.36. The number of hydrogen-bond acceptors (Lipinski definition) is 4. The van der Waals surface area contributed by atoms with Crippen LogP contribution in [-0.2, 0) is 22.7 Å². The van der Waals surface area contributed by atoms with Gasteiger partial charge in [-0.05, 0) is 31.5 Å². The highest BCUT2D eigenvalue weighted by Crippen LogP contribution is 2.12. The average molecular weight is 521 g/mol. The van der Waals surface area contributed by atoms with Gasteiger partial charge in [-0.3, -0.25) is 14.7 Å². The van der Waals surface area contributed by atoms with E-state index in [2.05, 4.69) is 25.4 Å². The second-order valence-electron chi connectivity index (χ2n) is 7.24. The van der Waals surface area contributed by atoms with E-state index in [1.807, 2.05) is 19.9 Å². The summed E-state index contributed by atoms with van der Waals surface area (Å²) in [6.07, 6.45) is 0. The summed E-state index contributed by atoms with van der Waals surface area (Å²) in [4.78, 5) is 20.6.